The second-order valence-corrected chi connectivity index (χ2v) is 7.87. The molecule has 3 nitrogen and oxygen atoms in total. The van der Waals surface area contributed by atoms with Crippen LogP contribution in [0.15, 0.2) is 0 Å². The molecule has 0 amide bonds. The molecular formula is C6H20MgO3S. The molecule has 0 fully saturated rings. The van der Waals surface area contributed by atoms with Gasteiger partial charge in [-0.25, -0.2) is 0 Å². The zero-order chi connectivity index (χ0) is 8.08. The van der Waals surface area contributed by atoms with Crippen molar-refractivity contribution in [3.63, 3.8) is 0 Å². The Hall–Kier alpha value is 0.546. The molecule has 0 spiro atoms. The minimum Gasteiger partial charge on any atom is -0.481 e. The van der Waals surface area contributed by atoms with Crippen LogP contribution in [0.1, 0.15) is 6.92 Å². The smallest absolute Gasteiger partial charge is 0.316 e. The van der Waals surface area contributed by atoms with Crippen LogP contribution in [0.3, 0.4) is 0 Å². The van der Waals surface area contributed by atoms with E-state index in [1.165, 1.54) is 0 Å². The van der Waals surface area contributed by atoms with Crippen LogP contribution in [0.2, 0.25) is 0 Å². The molecule has 0 aromatic carbocycles. The Kier molecular flexibility index (Phi) is 21.6. The van der Waals surface area contributed by atoms with Crippen LogP contribution in [0.4, 0.5) is 0 Å². The highest BCUT2D eigenvalue weighted by atomic mass is 32.3. The second kappa shape index (κ2) is 10.5. The Morgan fingerprint density at radius 2 is 1.18 bits per heavy atom. The lowest BCUT2D eigenvalue weighted by atomic mass is 10.9. The summed E-state index contributed by atoms with van der Waals surface area (Å²) in [5, 5.41) is 7.42. The van der Waals surface area contributed by atoms with E-state index in [9.17, 15) is 0 Å². The summed E-state index contributed by atoms with van der Waals surface area (Å²) in [7, 11) is -0.167. The van der Waals surface area contributed by atoms with Gasteiger partial charge in [0.15, 0.2) is 0 Å². The van der Waals surface area contributed by atoms with E-state index in [1.807, 2.05) is 0 Å². The fourth-order valence-corrected chi connectivity index (χ4v) is 0. The Balaban J connectivity index is -0.0000000383. The van der Waals surface area contributed by atoms with Crippen molar-refractivity contribution in [1.29, 1.82) is 0 Å². The average molecular weight is 197 g/mol. The van der Waals surface area contributed by atoms with E-state index in [4.69, 9.17) is 9.90 Å². The standard InChI is InChI=1S/C4H12S.C2H4O2.Mg.H2O.2H/c1-5(2,3)4;1-2(3)4;;;;/h1-4H3;1H3,(H,3,4);;1H2;;. The topological polar surface area (TPSA) is 68.8 Å². The summed E-state index contributed by atoms with van der Waals surface area (Å²) >= 11 is 0. The van der Waals surface area contributed by atoms with Gasteiger partial charge in [0.05, 0.1) is 0 Å². The van der Waals surface area contributed by atoms with Crippen molar-refractivity contribution in [2.24, 2.45) is 0 Å². The maximum absolute atomic E-state index is 9.00. The third kappa shape index (κ3) is 2580. The van der Waals surface area contributed by atoms with Crippen LogP contribution in [0.25, 0.3) is 0 Å². The molecule has 0 radical (unpaired) electrons. The molecule has 0 unspecified atom stereocenters. The summed E-state index contributed by atoms with van der Waals surface area (Å²) in [4.78, 5) is 9.00. The second-order valence-electron chi connectivity index (χ2n) is 2.97. The number of carboxylic acid groups (broad SMARTS) is 1. The van der Waals surface area contributed by atoms with Crippen LogP contribution < -0.4 is 0 Å². The Morgan fingerprint density at radius 1 is 1.18 bits per heavy atom. The maximum atomic E-state index is 9.00. The quantitative estimate of drug-likeness (QED) is 0.539. The summed E-state index contributed by atoms with van der Waals surface area (Å²) in [6.07, 6.45) is 9.08. The number of rotatable bonds is 0. The van der Waals surface area contributed by atoms with E-state index in [2.05, 4.69) is 25.0 Å². The normalized spacial score (nSPS) is 9.18. The van der Waals surface area contributed by atoms with Crippen LogP contribution in [0, 0.1) is 0 Å². The van der Waals surface area contributed by atoms with Crippen LogP contribution in [-0.2, 0) is 4.79 Å². The third-order valence-electron chi connectivity index (χ3n) is 0. The minimum atomic E-state index is -0.833. The van der Waals surface area contributed by atoms with E-state index in [1.54, 1.807) is 0 Å². The van der Waals surface area contributed by atoms with E-state index in [0.717, 1.165) is 6.92 Å². The molecule has 0 aliphatic heterocycles. The first-order chi connectivity index (χ1) is 3.73. The monoisotopic (exact) mass is 196 g/mol. The Bertz CT molecular complexity index is 80.3. The molecule has 0 rings (SSSR count). The molecular weight excluding hydrogens is 176 g/mol. The van der Waals surface area contributed by atoms with Gasteiger partial charge in [-0.2, -0.15) is 0 Å². The summed E-state index contributed by atoms with van der Waals surface area (Å²) in [5.74, 6) is -0.833. The third-order valence-corrected chi connectivity index (χ3v) is 0. The van der Waals surface area contributed by atoms with Gasteiger partial charge in [-0.1, -0.05) is 0 Å². The van der Waals surface area contributed by atoms with Crippen LogP contribution >= 0.6 is 10.0 Å². The predicted octanol–water partition coefficient (Wildman–Crippen LogP) is -0.340. The van der Waals surface area contributed by atoms with Crippen LogP contribution in [0.5, 0.6) is 0 Å². The first-order valence-corrected chi connectivity index (χ1v) is 5.83. The summed E-state index contributed by atoms with van der Waals surface area (Å²) in [6, 6.07) is 0. The van der Waals surface area contributed by atoms with Crippen molar-refractivity contribution < 1.29 is 15.4 Å². The van der Waals surface area contributed by atoms with Crippen molar-refractivity contribution in [2.45, 2.75) is 6.92 Å². The molecule has 0 bridgehead atoms. The van der Waals surface area contributed by atoms with Gasteiger partial charge in [-0.15, -0.1) is 0 Å². The van der Waals surface area contributed by atoms with Gasteiger partial charge >= 0.3 is 23.1 Å². The number of hydrogen-bond acceptors (Lipinski definition) is 1. The zero-order valence-electron chi connectivity index (χ0n) is 7.26. The molecule has 0 aromatic heterocycles. The minimum absolute atomic E-state index is 0. The van der Waals surface area contributed by atoms with Gasteiger partial charge in [0.1, 0.15) is 0 Å². The van der Waals surface area contributed by atoms with Crippen molar-refractivity contribution in [2.75, 3.05) is 25.0 Å². The molecule has 5 heteroatoms. The molecule has 0 saturated heterocycles. The molecule has 0 aliphatic carbocycles. The maximum Gasteiger partial charge on any atom is 0.316 e. The highest BCUT2D eigenvalue weighted by Gasteiger charge is 1.86. The summed E-state index contributed by atoms with van der Waals surface area (Å²) in [6.45, 7) is 1.08. The first kappa shape index (κ1) is 22.6. The van der Waals surface area contributed by atoms with Crippen LogP contribution in [-0.4, -0.2) is 64.6 Å². The zero-order valence-corrected chi connectivity index (χ0v) is 8.08. The van der Waals surface area contributed by atoms with Gasteiger partial charge in [-0.05, 0) is 25.0 Å². The van der Waals surface area contributed by atoms with Gasteiger partial charge in [0.2, 0.25) is 0 Å². The predicted molar refractivity (Wildman–Crippen MR) is 56.8 cm³/mol. The lowest BCUT2D eigenvalue weighted by Gasteiger charge is -2.15. The molecule has 70 valence electrons. The number of carboxylic acids is 1. The largest absolute Gasteiger partial charge is 0.481 e. The molecule has 0 aliphatic rings. The first-order valence-electron chi connectivity index (χ1n) is 2.56. The highest BCUT2D eigenvalue weighted by Crippen LogP contribution is 2.27. The molecule has 0 heterocycles. The SMILES string of the molecule is CC(=O)O.CS(C)(C)C.O.[MgH2]. The number of carbonyl (C=O) groups is 1. The van der Waals surface area contributed by atoms with E-state index >= 15 is 0 Å². The van der Waals surface area contributed by atoms with Crippen molar-refractivity contribution >= 4 is 39.1 Å². The van der Waals surface area contributed by atoms with E-state index < -0.39 is 5.97 Å². The van der Waals surface area contributed by atoms with Crippen molar-refractivity contribution in [1.82, 2.24) is 0 Å². The lowest BCUT2D eigenvalue weighted by Crippen LogP contribution is -1.82. The lowest BCUT2D eigenvalue weighted by molar-refractivity contribution is -0.134. The summed E-state index contributed by atoms with van der Waals surface area (Å²) in [5.41, 5.74) is 0. The highest BCUT2D eigenvalue weighted by molar-refractivity contribution is 8.31. The molecule has 0 atom stereocenters. The van der Waals surface area contributed by atoms with Gasteiger partial charge in [-0.3, -0.25) is 14.8 Å². The molecule has 3 N–H and O–H groups in total. The number of aliphatic carboxylic acids is 1. The molecule has 0 aromatic rings. The van der Waals surface area contributed by atoms with Gasteiger partial charge in [0.25, 0.3) is 5.97 Å². The molecule has 11 heavy (non-hydrogen) atoms. The fourth-order valence-electron chi connectivity index (χ4n) is 0. The van der Waals surface area contributed by atoms with Crippen molar-refractivity contribution in [3.8, 4) is 0 Å². The Labute approximate surface area is 86.3 Å². The average Bonchev–Trinajstić information content (AvgIpc) is 1.19. The van der Waals surface area contributed by atoms with Gasteiger partial charge in [0, 0.05) is 6.92 Å². The number of hydrogen-bond donors (Lipinski definition) is 1. The Morgan fingerprint density at radius 3 is 1.18 bits per heavy atom. The van der Waals surface area contributed by atoms with Crippen molar-refractivity contribution in [3.05, 3.63) is 0 Å². The fraction of sp³-hybridized carbons (Fsp3) is 0.833. The molecule has 0 saturated carbocycles. The van der Waals surface area contributed by atoms with Gasteiger partial charge < -0.3 is 10.6 Å². The summed E-state index contributed by atoms with van der Waals surface area (Å²) < 4.78 is 0. The van der Waals surface area contributed by atoms with E-state index in [0.29, 0.717) is 0 Å². The van der Waals surface area contributed by atoms with E-state index in [-0.39, 0.29) is 38.6 Å².